The van der Waals surface area contributed by atoms with Crippen LogP contribution in [0.1, 0.15) is 5.69 Å². The van der Waals surface area contributed by atoms with Crippen molar-refractivity contribution in [1.82, 2.24) is 15.2 Å². The highest BCUT2D eigenvalue weighted by Crippen LogP contribution is 2.25. The van der Waals surface area contributed by atoms with Crippen LogP contribution in [0.3, 0.4) is 0 Å². The first-order valence-electron chi connectivity index (χ1n) is 9.64. The molecule has 1 aromatic carbocycles. The van der Waals surface area contributed by atoms with E-state index in [0.717, 1.165) is 54.7 Å². The second-order valence-electron chi connectivity index (χ2n) is 6.99. The minimum absolute atomic E-state index is 0.0112. The van der Waals surface area contributed by atoms with Crippen LogP contribution in [0.2, 0.25) is 0 Å². The van der Waals surface area contributed by atoms with E-state index in [2.05, 4.69) is 25.5 Å². The van der Waals surface area contributed by atoms with Gasteiger partial charge in [0.05, 0.1) is 12.1 Å². The first-order valence-corrected chi connectivity index (χ1v) is 11.5. The maximum atomic E-state index is 13.1. The van der Waals surface area contributed by atoms with Crippen LogP contribution in [0, 0.1) is 5.82 Å². The van der Waals surface area contributed by atoms with E-state index in [0.29, 0.717) is 13.0 Å². The SMILES string of the molecule is O=C(Cc1csc(-c2ccsc2)n1)NCCN1CCN(c2ccc(F)cc2)CC1. The predicted octanol–water partition coefficient (Wildman–Crippen LogP) is 3.49. The van der Waals surface area contributed by atoms with Crippen molar-refractivity contribution in [1.29, 1.82) is 0 Å². The molecule has 8 heteroatoms. The second kappa shape index (κ2) is 9.47. The van der Waals surface area contributed by atoms with Crippen LogP contribution >= 0.6 is 22.7 Å². The number of hydrogen-bond acceptors (Lipinski definition) is 6. The van der Waals surface area contributed by atoms with E-state index in [9.17, 15) is 9.18 Å². The molecule has 1 saturated heterocycles. The summed E-state index contributed by atoms with van der Waals surface area (Å²) in [5.74, 6) is -0.194. The summed E-state index contributed by atoms with van der Waals surface area (Å²) in [6, 6.07) is 8.70. The molecule has 5 nitrogen and oxygen atoms in total. The summed E-state index contributed by atoms with van der Waals surface area (Å²) >= 11 is 3.22. The van der Waals surface area contributed by atoms with Crippen molar-refractivity contribution < 1.29 is 9.18 Å². The standard InChI is InChI=1S/C21H23FN4OS2/c22-17-1-3-19(4-2-17)26-10-8-25(9-11-26)7-6-23-20(27)13-18-15-29-21(24-18)16-5-12-28-14-16/h1-5,12,14-15H,6-11,13H2,(H,23,27). The number of aromatic nitrogens is 1. The van der Waals surface area contributed by atoms with Gasteiger partial charge < -0.3 is 10.2 Å². The highest BCUT2D eigenvalue weighted by molar-refractivity contribution is 7.14. The van der Waals surface area contributed by atoms with Gasteiger partial charge in [-0.2, -0.15) is 11.3 Å². The maximum absolute atomic E-state index is 13.1. The molecule has 0 aliphatic carbocycles. The Labute approximate surface area is 177 Å². The molecule has 0 unspecified atom stereocenters. The average Bonchev–Trinajstić information content (AvgIpc) is 3.41. The minimum atomic E-state index is -0.205. The predicted molar refractivity (Wildman–Crippen MR) is 117 cm³/mol. The summed E-state index contributed by atoms with van der Waals surface area (Å²) < 4.78 is 13.1. The van der Waals surface area contributed by atoms with Crippen LogP contribution in [0.25, 0.3) is 10.6 Å². The normalized spacial score (nSPS) is 14.9. The van der Waals surface area contributed by atoms with E-state index in [-0.39, 0.29) is 11.7 Å². The molecule has 0 saturated carbocycles. The van der Waals surface area contributed by atoms with E-state index < -0.39 is 0 Å². The smallest absolute Gasteiger partial charge is 0.226 e. The van der Waals surface area contributed by atoms with Crippen molar-refractivity contribution >= 4 is 34.3 Å². The molecule has 0 atom stereocenters. The number of piperazine rings is 1. The number of amides is 1. The van der Waals surface area contributed by atoms with Gasteiger partial charge in [-0.25, -0.2) is 9.37 Å². The van der Waals surface area contributed by atoms with Gasteiger partial charge in [0.15, 0.2) is 0 Å². The Hall–Kier alpha value is -2.29. The van der Waals surface area contributed by atoms with Crippen LogP contribution in [0.15, 0.2) is 46.5 Å². The first-order chi connectivity index (χ1) is 14.2. The number of anilines is 1. The molecule has 0 spiro atoms. The monoisotopic (exact) mass is 430 g/mol. The lowest BCUT2D eigenvalue weighted by atomic mass is 10.2. The third-order valence-corrected chi connectivity index (χ3v) is 6.60. The summed E-state index contributed by atoms with van der Waals surface area (Å²) in [6.07, 6.45) is 0.318. The van der Waals surface area contributed by atoms with Gasteiger partial charge in [-0.15, -0.1) is 11.3 Å². The van der Waals surface area contributed by atoms with Crippen LogP contribution < -0.4 is 10.2 Å². The Morgan fingerprint density at radius 1 is 1.10 bits per heavy atom. The highest BCUT2D eigenvalue weighted by atomic mass is 32.1. The fourth-order valence-corrected chi connectivity index (χ4v) is 4.90. The zero-order valence-electron chi connectivity index (χ0n) is 16.0. The number of carbonyl (C=O) groups is 1. The van der Waals surface area contributed by atoms with Crippen molar-refractivity contribution in [3.05, 3.63) is 58.0 Å². The highest BCUT2D eigenvalue weighted by Gasteiger charge is 2.17. The summed E-state index contributed by atoms with van der Waals surface area (Å²) in [4.78, 5) is 21.4. The summed E-state index contributed by atoms with van der Waals surface area (Å²) in [5.41, 5.74) is 3.00. The molecular formula is C21H23FN4OS2. The van der Waals surface area contributed by atoms with Gasteiger partial charge in [-0.05, 0) is 35.7 Å². The topological polar surface area (TPSA) is 48.5 Å². The number of nitrogens with zero attached hydrogens (tertiary/aromatic N) is 3. The van der Waals surface area contributed by atoms with Crippen LogP contribution in [0.4, 0.5) is 10.1 Å². The Morgan fingerprint density at radius 2 is 1.90 bits per heavy atom. The third kappa shape index (κ3) is 5.41. The number of hydrogen-bond donors (Lipinski definition) is 1. The molecule has 29 heavy (non-hydrogen) atoms. The van der Waals surface area contributed by atoms with Crippen molar-refractivity contribution in [2.45, 2.75) is 6.42 Å². The van der Waals surface area contributed by atoms with Crippen molar-refractivity contribution in [3.8, 4) is 10.6 Å². The zero-order chi connectivity index (χ0) is 20.1. The van der Waals surface area contributed by atoms with E-state index in [1.165, 1.54) is 12.1 Å². The second-order valence-corrected chi connectivity index (χ2v) is 8.63. The number of carbonyl (C=O) groups excluding carboxylic acids is 1. The molecule has 3 aromatic rings. The van der Waals surface area contributed by atoms with Crippen LogP contribution in [-0.4, -0.2) is 55.1 Å². The fraction of sp³-hybridized carbons (Fsp3) is 0.333. The van der Waals surface area contributed by atoms with Crippen molar-refractivity contribution in [3.63, 3.8) is 0 Å². The molecule has 1 amide bonds. The molecule has 3 heterocycles. The Bertz CT molecular complexity index is 919. The Balaban J connectivity index is 1.16. The van der Waals surface area contributed by atoms with Gasteiger partial charge in [0, 0.05) is 61.3 Å². The quantitative estimate of drug-likeness (QED) is 0.623. The van der Waals surface area contributed by atoms with Gasteiger partial charge in [0.1, 0.15) is 10.8 Å². The lowest BCUT2D eigenvalue weighted by Crippen LogP contribution is -2.48. The molecule has 2 aromatic heterocycles. The number of halogens is 1. The lowest BCUT2D eigenvalue weighted by Gasteiger charge is -2.36. The Morgan fingerprint density at radius 3 is 2.62 bits per heavy atom. The number of thiazole rings is 1. The molecule has 1 N–H and O–H groups in total. The molecule has 1 aliphatic rings. The van der Waals surface area contributed by atoms with E-state index in [4.69, 9.17) is 0 Å². The summed E-state index contributed by atoms with van der Waals surface area (Å²) in [7, 11) is 0. The molecule has 1 aliphatic heterocycles. The molecule has 0 radical (unpaired) electrons. The fourth-order valence-electron chi connectivity index (χ4n) is 3.37. The van der Waals surface area contributed by atoms with Gasteiger partial charge in [-0.1, -0.05) is 0 Å². The van der Waals surface area contributed by atoms with Crippen LogP contribution in [-0.2, 0) is 11.2 Å². The lowest BCUT2D eigenvalue weighted by molar-refractivity contribution is -0.120. The third-order valence-electron chi connectivity index (χ3n) is 4.98. The number of benzene rings is 1. The number of rotatable bonds is 7. The number of nitrogens with one attached hydrogen (secondary N) is 1. The average molecular weight is 431 g/mol. The molecule has 152 valence electrons. The van der Waals surface area contributed by atoms with E-state index in [1.54, 1.807) is 22.7 Å². The maximum Gasteiger partial charge on any atom is 0.226 e. The van der Waals surface area contributed by atoms with E-state index in [1.807, 2.05) is 29.0 Å². The summed E-state index contributed by atoms with van der Waals surface area (Å²) in [6.45, 7) is 5.15. The molecule has 4 rings (SSSR count). The largest absolute Gasteiger partial charge is 0.369 e. The van der Waals surface area contributed by atoms with Gasteiger partial charge in [0.2, 0.25) is 5.91 Å². The van der Waals surface area contributed by atoms with Crippen molar-refractivity contribution in [2.24, 2.45) is 0 Å². The van der Waals surface area contributed by atoms with Gasteiger partial charge >= 0.3 is 0 Å². The molecule has 0 bridgehead atoms. The minimum Gasteiger partial charge on any atom is -0.369 e. The molecular weight excluding hydrogens is 407 g/mol. The van der Waals surface area contributed by atoms with E-state index >= 15 is 0 Å². The van der Waals surface area contributed by atoms with Crippen LogP contribution in [0.5, 0.6) is 0 Å². The van der Waals surface area contributed by atoms with Gasteiger partial charge in [0.25, 0.3) is 0 Å². The number of thiophene rings is 1. The Kier molecular flexibility index (Phi) is 6.53. The van der Waals surface area contributed by atoms with Crippen molar-refractivity contribution in [2.75, 3.05) is 44.2 Å². The molecule has 1 fully saturated rings. The summed E-state index contributed by atoms with van der Waals surface area (Å²) in [5, 5.41) is 10.0. The zero-order valence-corrected chi connectivity index (χ0v) is 17.6. The first kappa shape index (κ1) is 20.0. The van der Waals surface area contributed by atoms with Gasteiger partial charge in [-0.3, -0.25) is 9.69 Å².